The molecule has 0 fully saturated rings. The second-order valence-corrected chi connectivity index (χ2v) is 4.57. The fraction of sp³-hybridized carbons (Fsp3) is 0.455. The molecule has 0 aliphatic carbocycles. The van der Waals surface area contributed by atoms with E-state index in [0.717, 1.165) is 5.56 Å². The second kappa shape index (κ2) is 5.71. The number of nitrogens with one attached hydrogen (secondary N) is 1. The summed E-state index contributed by atoms with van der Waals surface area (Å²) in [5, 5.41) is 13.9. The molecule has 1 aromatic rings. The van der Waals surface area contributed by atoms with Crippen molar-refractivity contribution in [2.24, 2.45) is 0 Å². The Morgan fingerprint density at radius 1 is 1.27 bits per heavy atom. The zero-order chi connectivity index (χ0) is 11.4. The van der Waals surface area contributed by atoms with Crippen LogP contribution in [0.4, 0.5) is 0 Å². The summed E-state index contributed by atoms with van der Waals surface area (Å²) in [4.78, 5) is 0. The molecule has 1 unspecified atom stereocenters. The van der Waals surface area contributed by atoms with Gasteiger partial charge in [0, 0.05) is 12.6 Å². The molecule has 0 aliphatic heterocycles. The highest BCUT2D eigenvalue weighted by atomic mass is 35.5. The predicted molar refractivity (Wildman–Crippen MR) is 64.6 cm³/mol. The minimum atomic E-state index is -0.554. The molecular formula is C11H15Cl2NO. The third-order valence-corrected chi connectivity index (χ3v) is 2.79. The molecule has 4 heteroatoms. The normalized spacial score (nSPS) is 13.2. The minimum absolute atomic E-state index is 0.349. The summed E-state index contributed by atoms with van der Waals surface area (Å²) in [5.41, 5.74) is 0.776. The van der Waals surface area contributed by atoms with Gasteiger partial charge in [0.25, 0.3) is 0 Å². The van der Waals surface area contributed by atoms with Crippen molar-refractivity contribution in [3.63, 3.8) is 0 Å². The largest absolute Gasteiger partial charge is 0.387 e. The van der Waals surface area contributed by atoms with E-state index in [2.05, 4.69) is 5.32 Å². The van der Waals surface area contributed by atoms with Crippen LogP contribution in [0.25, 0.3) is 0 Å². The Bertz CT molecular complexity index is 328. The van der Waals surface area contributed by atoms with Crippen LogP contribution in [0, 0.1) is 0 Å². The van der Waals surface area contributed by atoms with E-state index in [1.807, 2.05) is 13.8 Å². The van der Waals surface area contributed by atoms with Gasteiger partial charge in [-0.1, -0.05) is 43.1 Å². The van der Waals surface area contributed by atoms with Crippen LogP contribution in [-0.4, -0.2) is 17.7 Å². The quantitative estimate of drug-likeness (QED) is 0.858. The molecular weight excluding hydrogens is 233 g/mol. The summed E-state index contributed by atoms with van der Waals surface area (Å²) in [7, 11) is 0. The number of aliphatic hydroxyl groups is 1. The molecule has 0 saturated heterocycles. The highest BCUT2D eigenvalue weighted by Gasteiger charge is 2.09. The lowest BCUT2D eigenvalue weighted by Crippen LogP contribution is -2.27. The predicted octanol–water partition coefficient (Wildman–Crippen LogP) is 3.02. The molecule has 0 saturated carbocycles. The van der Waals surface area contributed by atoms with Gasteiger partial charge in [0.2, 0.25) is 0 Å². The molecule has 0 heterocycles. The number of rotatable bonds is 4. The highest BCUT2D eigenvalue weighted by Crippen LogP contribution is 2.25. The van der Waals surface area contributed by atoms with Crippen molar-refractivity contribution in [1.82, 2.24) is 5.32 Å². The maximum absolute atomic E-state index is 9.82. The molecule has 0 radical (unpaired) electrons. The Kier molecular flexibility index (Phi) is 4.87. The number of hydrogen-bond acceptors (Lipinski definition) is 2. The fourth-order valence-corrected chi connectivity index (χ4v) is 1.49. The number of benzene rings is 1. The van der Waals surface area contributed by atoms with Crippen molar-refractivity contribution < 1.29 is 5.11 Å². The van der Waals surface area contributed by atoms with E-state index in [0.29, 0.717) is 22.6 Å². The summed E-state index contributed by atoms with van der Waals surface area (Å²) in [6, 6.07) is 5.51. The van der Waals surface area contributed by atoms with E-state index in [1.165, 1.54) is 0 Å². The average Bonchev–Trinajstić information content (AvgIpc) is 2.18. The first kappa shape index (κ1) is 12.8. The summed E-state index contributed by atoms with van der Waals surface area (Å²) in [6.45, 7) is 4.57. The van der Waals surface area contributed by atoms with Gasteiger partial charge in [-0.15, -0.1) is 0 Å². The molecule has 1 rings (SSSR count). The molecule has 1 aromatic carbocycles. The Labute approximate surface area is 100 Å². The van der Waals surface area contributed by atoms with Crippen LogP contribution in [0.3, 0.4) is 0 Å². The van der Waals surface area contributed by atoms with Crippen molar-refractivity contribution in [3.05, 3.63) is 33.8 Å². The summed E-state index contributed by atoms with van der Waals surface area (Å²) < 4.78 is 0. The maximum atomic E-state index is 9.82. The summed E-state index contributed by atoms with van der Waals surface area (Å²) >= 11 is 11.6. The van der Waals surface area contributed by atoms with Crippen LogP contribution in [0.15, 0.2) is 18.2 Å². The Balaban J connectivity index is 2.65. The Hall–Kier alpha value is -0.280. The van der Waals surface area contributed by atoms with Gasteiger partial charge >= 0.3 is 0 Å². The van der Waals surface area contributed by atoms with E-state index < -0.39 is 6.10 Å². The van der Waals surface area contributed by atoms with Gasteiger partial charge < -0.3 is 10.4 Å². The fourth-order valence-electron chi connectivity index (χ4n) is 1.18. The molecule has 2 N–H and O–H groups in total. The molecule has 0 amide bonds. The summed E-state index contributed by atoms with van der Waals surface area (Å²) in [6.07, 6.45) is -0.554. The van der Waals surface area contributed by atoms with Crippen LogP contribution in [0.1, 0.15) is 25.5 Å². The van der Waals surface area contributed by atoms with Crippen molar-refractivity contribution >= 4 is 23.2 Å². The number of hydrogen-bond donors (Lipinski definition) is 2. The van der Waals surface area contributed by atoms with Crippen molar-refractivity contribution in [1.29, 1.82) is 0 Å². The third kappa shape index (κ3) is 3.99. The van der Waals surface area contributed by atoms with Gasteiger partial charge in [0.15, 0.2) is 0 Å². The molecule has 0 bridgehead atoms. The lowest BCUT2D eigenvalue weighted by molar-refractivity contribution is 0.171. The lowest BCUT2D eigenvalue weighted by atomic mass is 10.1. The van der Waals surface area contributed by atoms with Crippen molar-refractivity contribution in [3.8, 4) is 0 Å². The lowest BCUT2D eigenvalue weighted by Gasteiger charge is -2.14. The SMILES string of the molecule is CC(C)NCC(O)c1ccc(Cl)c(Cl)c1. The van der Waals surface area contributed by atoms with E-state index in [-0.39, 0.29) is 0 Å². The van der Waals surface area contributed by atoms with Crippen LogP contribution in [0.2, 0.25) is 10.0 Å². The van der Waals surface area contributed by atoms with Gasteiger partial charge in [0.1, 0.15) is 0 Å². The zero-order valence-electron chi connectivity index (χ0n) is 8.80. The number of halogens is 2. The van der Waals surface area contributed by atoms with Gasteiger partial charge in [-0.05, 0) is 17.7 Å². The van der Waals surface area contributed by atoms with Crippen molar-refractivity contribution in [2.75, 3.05) is 6.54 Å². The molecule has 2 nitrogen and oxygen atoms in total. The van der Waals surface area contributed by atoms with Crippen LogP contribution in [-0.2, 0) is 0 Å². The molecule has 1 atom stereocenters. The zero-order valence-corrected chi connectivity index (χ0v) is 10.3. The summed E-state index contributed by atoms with van der Waals surface area (Å²) in [5.74, 6) is 0. The average molecular weight is 248 g/mol. The van der Waals surface area contributed by atoms with Gasteiger partial charge in [-0.25, -0.2) is 0 Å². The molecule has 0 spiro atoms. The molecule has 84 valence electrons. The van der Waals surface area contributed by atoms with Crippen LogP contribution < -0.4 is 5.32 Å². The maximum Gasteiger partial charge on any atom is 0.0915 e. The first-order valence-electron chi connectivity index (χ1n) is 4.87. The minimum Gasteiger partial charge on any atom is -0.387 e. The van der Waals surface area contributed by atoms with Gasteiger partial charge in [0.05, 0.1) is 16.1 Å². The van der Waals surface area contributed by atoms with E-state index in [1.54, 1.807) is 18.2 Å². The first-order chi connectivity index (χ1) is 7.00. The third-order valence-electron chi connectivity index (χ3n) is 2.05. The van der Waals surface area contributed by atoms with E-state index in [4.69, 9.17) is 23.2 Å². The Morgan fingerprint density at radius 2 is 1.93 bits per heavy atom. The number of aliphatic hydroxyl groups excluding tert-OH is 1. The van der Waals surface area contributed by atoms with Crippen molar-refractivity contribution in [2.45, 2.75) is 26.0 Å². The standard InChI is InChI=1S/C11H15Cl2NO/c1-7(2)14-6-11(15)8-3-4-9(12)10(13)5-8/h3-5,7,11,14-15H,6H2,1-2H3. The monoisotopic (exact) mass is 247 g/mol. The molecule has 0 aliphatic rings. The molecule has 15 heavy (non-hydrogen) atoms. The first-order valence-corrected chi connectivity index (χ1v) is 5.62. The van der Waals surface area contributed by atoms with Gasteiger partial charge in [-0.3, -0.25) is 0 Å². The smallest absolute Gasteiger partial charge is 0.0915 e. The van der Waals surface area contributed by atoms with Crippen LogP contribution in [0.5, 0.6) is 0 Å². The van der Waals surface area contributed by atoms with E-state index in [9.17, 15) is 5.11 Å². The van der Waals surface area contributed by atoms with E-state index >= 15 is 0 Å². The highest BCUT2D eigenvalue weighted by molar-refractivity contribution is 6.42. The second-order valence-electron chi connectivity index (χ2n) is 3.75. The van der Waals surface area contributed by atoms with Gasteiger partial charge in [-0.2, -0.15) is 0 Å². The van der Waals surface area contributed by atoms with Crippen LogP contribution >= 0.6 is 23.2 Å². The molecule has 0 aromatic heterocycles. The topological polar surface area (TPSA) is 32.3 Å². The Morgan fingerprint density at radius 3 is 2.47 bits per heavy atom.